The van der Waals surface area contributed by atoms with E-state index in [0.717, 1.165) is 42.1 Å². The zero-order valence-electron chi connectivity index (χ0n) is 18.3. The fourth-order valence-electron chi connectivity index (χ4n) is 5.77. The van der Waals surface area contributed by atoms with Gasteiger partial charge < -0.3 is 10.1 Å². The van der Waals surface area contributed by atoms with Crippen molar-refractivity contribution in [1.82, 2.24) is 9.88 Å². The molecule has 2 aliphatic rings. The average molecular weight is 461 g/mol. The molecule has 3 nitrogen and oxygen atoms in total. The Balaban J connectivity index is 1.56. The van der Waals surface area contributed by atoms with Crippen molar-refractivity contribution in [3.8, 4) is 0 Å². The highest BCUT2D eigenvalue weighted by molar-refractivity contribution is 5.85. The van der Waals surface area contributed by atoms with Crippen LogP contribution in [0.25, 0.3) is 10.9 Å². The third kappa shape index (κ3) is 4.17. The van der Waals surface area contributed by atoms with Gasteiger partial charge >= 0.3 is 0 Å². The quantitative estimate of drug-likeness (QED) is 0.464. The van der Waals surface area contributed by atoms with E-state index in [2.05, 4.69) is 4.98 Å². The van der Waals surface area contributed by atoms with Crippen molar-refractivity contribution in [3.05, 3.63) is 70.4 Å². The number of alkyl halides is 2. The van der Waals surface area contributed by atoms with E-state index in [1.807, 2.05) is 24.3 Å². The largest absolute Gasteiger partial charge is 0.396 e. The van der Waals surface area contributed by atoms with Crippen LogP contribution in [0, 0.1) is 17.6 Å². The molecule has 1 aliphatic heterocycles. The summed E-state index contributed by atoms with van der Waals surface area (Å²) in [7, 11) is 0. The van der Waals surface area contributed by atoms with Crippen LogP contribution in [-0.2, 0) is 6.42 Å². The summed E-state index contributed by atoms with van der Waals surface area (Å²) >= 11 is 0. The van der Waals surface area contributed by atoms with Crippen LogP contribution in [0.3, 0.4) is 0 Å². The highest BCUT2D eigenvalue weighted by atomic mass is 19.3. The van der Waals surface area contributed by atoms with Crippen molar-refractivity contribution in [3.63, 3.8) is 0 Å². The van der Waals surface area contributed by atoms with E-state index in [-0.39, 0.29) is 24.0 Å². The van der Waals surface area contributed by atoms with Crippen LogP contribution in [0.1, 0.15) is 60.0 Å². The maximum atomic E-state index is 15.5. The van der Waals surface area contributed by atoms with Gasteiger partial charge in [-0.05, 0) is 73.3 Å². The number of rotatable bonds is 5. The molecule has 0 amide bonds. The molecular formula is C26H28F4N2O. The smallest absolute Gasteiger partial charge is 0.251 e. The Morgan fingerprint density at radius 3 is 2.39 bits per heavy atom. The van der Waals surface area contributed by atoms with Crippen molar-refractivity contribution < 1.29 is 22.7 Å². The van der Waals surface area contributed by atoms with Gasteiger partial charge in [-0.25, -0.2) is 17.6 Å². The van der Waals surface area contributed by atoms with Gasteiger partial charge in [0.05, 0.1) is 12.6 Å². The van der Waals surface area contributed by atoms with E-state index in [4.69, 9.17) is 0 Å². The summed E-state index contributed by atoms with van der Waals surface area (Å²) in [6.45, 7) is -0.107. The molecular weight excluding hydrogens is 432 g/mol. The number of nitrogens with zero attached hydrogens (tertiary/aromatic N) is 1. The van der Waals surface area contributed by atoms with Crippen molar-refractivity contribution in [2.24, 2.45) is 5.92 Å². The second kappa shape index (κ2) is 9.11. The molecule has 5 rings (SSSR count). The molecule has 176 valence electrons. The number of nitrogens with one attached hydrogen (secondary N) is 1. The molecule has 1 saturated carbocycles. The summed E-state index contributed by atoms with van der Waals surface area (Å²) in [6, 6.07) is 9.45. The Hall–Kier alpha value is -2.38. The topological polar surface area (TPSA) is 39.3 Å². The van der Waals surface area contributed by atoms with Gasteiger partial charge in [-0.3, -0.25) is 4.90 Å². The molecule has 0 radical (unpaired) electrons. The molecule has 0 spiro atoms. The fraction of sp³-hybridized carbons (Fsp3) is 0.462. The van der Waals surface area contributed by atoms with Crippen LogP contribution in [-0.4, -0.2) is 41.1 Å². The number of benzene rings is 2. The summed E-state index contributed by atoms with van der Waals surface area (Å²) in [5.41, 5.74) is 2.81. The number of hydrogen-bond donors (Lipinski definition) is 2. The van der Waals surface area contributed by atoms with Gasteiger partial charge in [-0.2, -0.15) is 0 Å². The third-order valence-corrected chi connectivity index (χ3v) is 7.46. The number of para-hydroxylation sites is 1. The number of halogens is 4. The maximum absolute atomic E-state index is 15.5. The van der Waals surface area contributed by atoms with E-state index in [0.29, 0.717) is 24.2 Å². The number of aromatic nitrogens is 1. The monoisotopic (exact) mass is 460 g/mol. The predicted molar refractivity (Wildman–Crippen MR) is 120 cm³/mol. The lowest BCUT2D eigenvalue weighted by molar-refractivity contribution is 0.0679. The number of aliphatic hydroxyl groups is 1. The minimum absolute atomic E-state index is 0.0398. The molecule has 2 N–H and O–H groups in total. The molecule has 1 atom stereocenters. The lowest BCUT2D eigenvalue weighted by Crippen LogP contribution is -2.40. The molecule has 1 unspecified atom stereocenters. The van der Waals surface area contributed by atoms with E-state index in [1.54, 1.807) is 0 Å². The zero-order chi connectivity index (χ0) is 23.1. The molecule has 7 heteroatoms. The maximum Gasteiger partial charge on any atom is 0.251 e. The van der Waals surface area contributed by atoms with Gasteiger partial charge in [0, 0.05) is 35.3 Å². The predicted octanol–water partition coefficient (Wildman–Crippen LogP) is 5.92. The van der Waals surface area contributed by atoms with Crippen molar-refractivity contribution in [1.29, 1.82) is 0 Å². The molecule has 3 aromatic rings. The molecule has 1 fully saturated rings. The molecule has 2 heterocycles. The Morgan fingerprint density at radius 2 is 1.73 bits per heavy atom. The Morgan fingerprint density at radius 1 is 1.03 bits per heavy atom. The Kier molecular flexibility index (Phi) is 6.18. The van der Waals surface area contributed by atoms with Gasteiger partial charge in [0.2, 0.25) is 0 Å². The number of aromatic amines is 1. The zero-order valence-corrected chi connectivity index (χ0v) is 18.3. The molecule has 33 heavy (non-hydrogen) atoms. The SMILES string of the molecule is OCC1CCC(c2cc(F)c(C3c4[nH]c5ccccc5c4CCN3CC(F)F)c(F)c2)CC1. The van der Waals surface area contributed by atoms with Crippen molar-refractivity contribution in [2.45, 2.75) is 50.5 Å². The van der Waals surface area contributed by atoms with Gasteiger partial charge in [0.1, 0.15) is 11.6 Å². The van der Waals surface area contributed by atoms with Crippen molar-refractivity contribution in [2.75, 3.05) is 19.7 Å². The van der Waals surface area contributed by atoms with Crippen LogP contribution in [0.2, 0.25) is 0 Å². The second-order valence-corrected chi connectivity index (χ2v) is 9.40. The molecule has 0 saturated heterocycles. The standard InChI is InChI=1S/C26H28F4N2O/c27-20-11-17(16-7-5-15(14-33)6-8-16)12-21(28)24(20)26-25-19(9-10-32(26)13-23(29)30)18-3-1-2-4-22(18)31-25/h1-4,11-12,15-16,23,26,31,33H,5-10,13-14H2. The Labute approximate surface area is 190 Å². The first-order chi connectivity index (χ1) is 16.0. The highest BCUT2D eigenvalue weighted by Gasteiger charge is 2.37. The summed E-state index contributed by atoms with van der Waals surface area (Å²) in [6.07, 6.45) is 1.14. The summed E-state index contributed by atoms with van der Waals surface area (Å²) in [5, 5.41) is 10.3. The number of H-pyrrole nitrogens is 1. The minimum Gasteiger partial charge on any atom is -0.396 e. The van der Waals surface area contributed by atoms with Crippen LogP contribution in [0.5, 0.6) is 0 Å². The van der Waals surface area contributed by atoms with Crippen LogP contribution in [0.15, 0.2) is 36.4 Å². The average Bonchev–Trinajstić information content (AvgIpc) is 3.18. The first-order valence-electron chi connectivity index (χ1n) is 11.7. The summed E-state index contributed by atoms with van der Waals surface area (Å²) in [4.78, 5) is 4.75. The normalized spacial score (nSPS) is 23.9. The summed E-state index contributed by atoms with van der Waals surface area (Å²) < 4.78 is 57.9. The lowest BCUT2D eigenvalue weighted by Gasteiger charge is -2.36. The van der Waals surface area contributed by atoms with Crippen molar-refractivity contribution >= 4 is 10.9 Å². The second-order valence-electron chi connectivity index (χ2n) is 9.40. The molecule has 0 bridgehead atoms. The van der Waals surface area contributed by atoms with E-state index < -0.39 is 30.6 Å². The molecule has 1 aliphatic carbocycles. The van der Waals surface area contributed by atoms with Gasteiger partial charge in [0.15, 0.2) is 0 Å². The number of aliphatic hydroxyl groups excluding tert-OH is 1. The van der Waals surface area contributed by atoms with Gasteiger partial charge in [0.25, 0.3) is 6.43 Å². The summed E-state index contributed by atoms with van der Waals surface area (Å²) in [5.74, 6) is -1.09. The van der Waals surface area contributed by atoms with Crippen LogP contribution < -0.4 is 0 Å². The molecule has 1 aromatic heterocycles. The molecule has 2 aromatic carbocycles. The third-order valence-electron chi connectivity index (χ3n) is 7.46. The van der Waals surface area contributed by atoms with E-state index >= 15 is 8.78 Å². The van der Waals surface area contributed by atoms with Crippen LogP contribution in [0.4, 0.5) is 17.6 Å². The van der Waals surface area contributed by atoms with E-state index in [9.17, 15) is 13.9 Å². The minimum atomic E-state index is -2.61. The lowest BCUT2D eigenvalue weighted by atomic mass is 9.78. The highest BCUT2D eigenvalue weighted by Crippen LogP contribution is 2.42. The first kappa shape index (κ1) is 22.4. The van der Waals surface area contributed by atoms with E-state index in [1.165, 1.54) is 17.0 Å². The van der Waals surface area contributed by atoms with Gasteiger partial charge in [-0.1, -0.05) is 18.2 Å². The Bertz CT molecular complexity index is 1110. The van der Waals surface area contributed by atoms with Gasteiger partial charge in [-0.15, -0.1) is 0 Å². The van der Waals surface area contributed by atoms with Crippen LogP contribution >= 0.6 is 0 Å². The fourth-order valence-corrected chi connectivity index (χ4v) is 5.77. The number of fused-ring (bicyclic) bond motifs is 3. The first-order valence-corrected chi connectivity index (χ1v) is 11.7. The number of hydrogen-bond acceptors (Lipinski definition) is 2.